The predicted molar refractivity (Wildman–Crippen MR) is 66.5 cm³/mol. The summed E-state index contributed by atoms with van der Waals surface area (Å²) in [5.74, 6) is 0.370. The first-order chi connectivity index (χ1) is 8.20. The van der Waals surface area contributed by atoms with Gasteiger partial charge in [-0.2, -0.15) is 0 Å². The molecular formula is C13H17ClFNO. The van der Waals surface area contributed by atoms with Crippen LogP contribution in [0, 0.1) is 11.7 Å². The molecule has 1 aliphatic carbocycles. The van der Waals surface area contributed by atoms with E-state index in [1.54, 1.807) is 6.07 Å². The Balaban J connectivity index is 1.91. The lowest BCUT2D eigenvalue weighted by molar-refractivity contribution is 0.256. The Labute approximate surface area is 106 Å². The van der Waals surface area contributed by atoms with Crippen molar-refractivity contribution in [1.29, 1.82) is 0 Å². The van der Waals surface area contributed by atoms with E-state index in [-0.39, 0.29) is 12.4 Å². The van der Waals surface area contributed by atoms with E-state index in [1.165, 1.54) is 25.0 Å². The highest BCUT2D eigenvalue weighted by Crippen LogP contribution is 2.34. The van der Waals surface area contributed by atoms with Crippen LogP contribution >= 0.6 is 11.6 Å². The fraction of sp³-hybridized carbons (Fsp3) is 0.538. The predicted octanol–water partition coefficient (Wildman–Crippen LogP) is 2.73. The van der Waals surface area contributed by atoms with Crippen molar-refractivity contribution in [3.05, 3.63) is 34.6 Å². The topological polar surface area (TPSA) is 32.3 Å². The second kappa shape index (κ2) is 5.80. The van der Waals surface area contributed by atoms with Gasteiger partial charge in [0.05, 0.1) is 0 Å². The van der Waals surface area contributed by atoms with Gasteiger partial charge in [0, 0.05) is 24.2 Å². The van der Waals surface area contributed by atoms with Crippen LogP contribution in [0.2, 0.25) is 5.02 Å². The maximum Gasteiger partial charge on any atom is 0.124 e. The summed E-state index contributed by atoms with van der Waals surface area (Å²) >= 11 is 5.96. The molecule has 2 nitrogen and oxygen atoms in total. The van der Waals surface area contributed by atoms with Crippen LogP contribution in [0.3, 0.4) is 0 Å². The molecule has 0 heterocycles. The van der Waals surface area contributed by atoms with Crippen LogP contribution < -0.4 is 5.32 Å². The largest absolute Gasteiger partial charge is 0.396 e. The average molecular weight is 258 g/mol. The highest BCUT2D eigenvalue weighted by molar-refractivity contribution is 6.31. The maximum absolute atomic E-state index is 12.9. The maximum atomic E-state index is 12.9. The second-order valence-corrected chi connectivity index (χ2v) is 4.98. The minimum Gasteiger partial charge on any atom is -0.396 e. The van der Waals surface area contributed by atoms with E-state index in [0.717, 1.165) is 12.0 Å². The number of aliphatic hydroxyl groups is 1. The molecule has 0 spiro atoms. The van der Waals surface area contributed by atoms with Crippen LogP contribution in [0.5, 0.6) is 0 Å². The van der Waals surface area contributed by atoms with Crippen LogP contribution in [-0.4, -0.2) is 17.8 Å². The summed E-state index contributed by atoms with van der Waals surface area (Å²) < 4.78 is 12.9. The number of halogens is 2. The summed E-state index contributed by atoms with van der Waals surface area (Å²) in [6.07, 6.45) is 3.23. The lowest BCUT2D eigenvalue weighted by atomic mass is 10.1. The SMILES string of the molecule is OCCC(NCc1ccc(F)cc1Cl)C1CC1. The Bertz CT molecular complexity index is 382. The molecule has 4 heteroatoms. The molecule has 1 saturated carbocycles. The molecule has 0 aliphatic heterocycles. The van der Waals surface area contributed by atoms with Gasteiger partial charge in [-0.1, -0.05) is 17.7 Å². The van der Waals surface area contributed by atoms with Gasteiger partial charge in [-0.3, -0.25) is 0 Å². The fourth-order valence-corrected chi connectivity index (χ4v) is 2.28. The van der Waals surface area contributed by atoms with Crippen LogP contribution in [0.4, 0.5) is 4.39 Å². The molecule has 0 amide bonds. The van der Waals surface area contributed by atoms with Crippen molar-refractivity contribution in [2.75, 3.05) is 6.61 Å². The normalized spacial score (nSPS) is 17.1. The summed E-state index contributed by atoms with van der Waals surface area (Å²) in [4.78, 5) is 0. The van der Waals surface area contributed by atoms with Gasteiger partial charge < -0.3 is 10.4 Å². The average Bonchev–Trinajstić information content (AvgIpc) is 3.10. The van der Waals surface area contributed by atoms with Crippen molar-refractivity contribution in [3.8, 4) is 0 Å². The van der Waals surface area contributed by atoms with Gasteiger partial charge in [0.1, 0.15) is 5.82 Å². The molecule has 1 aliphatic rings. The summed E-state index contributed by atoms with van der Waals surface area (Å²) in [6.45, 7) is 0.825. The minimum absolute atomic E-state index is 0.200. The smallest absolute Gasteiger partial charge is 0.124 e. The van der Waals surface area contributed by atoms with Crippen molar-refractivity contribution in [3.63, 3.8) is 0 Å². The number of hydrogen-bond acceptors (Lipinski definition) is 2. The quantitative estimate of drug-likeness (QED) is 0.821. The molecule has 1 aromatic carbocycles. The number of benzene rings is 1. The molecule has 1 unspecified atom stereocenters. The van der Waals surface area contributed by atoms with Gasteiger partial charge in [0.2, 0.25) is 0 Å². The van der Waals surface area contributed by atoms with E-state index in [0.29, 0.717) is 23.5 Å². The van der Waals surface area contributed by atoms with Gasteiger partial charge in [-0.25, -0.2) is 4.39 Å². The Kier molecular flexibility index (Phi) is 4.37. The third kappa shape index (κ3) is 3.66. The number of hydrogen-bond donors (Lipinski definition) is 2. The van der Waals surface area contributed by atoms with E-state index >= 15 is 0 Å². The van der Waals surface area contributed by atoms with E-state index in [2.05, 4.69) is 5.32 Å². The molecule has 1 aromatic rings. The van der Waals surface area contributed by atoms with Crippen molar-refractivity contribution in [1.82, 2.24) is 5.32 Å². The van der Waals surface area contributed by atoms with Crippen molar-refractivity contribution in [2.45, 2.75) is 31.8 Å². The molecule has 1 fully saturated rings. The van der Waals surface area contributed by atoms with E-state index < -0.39 is 0 Å². The molecule has 94 valence electrons. The molecule has 0 aromatic heterocycles. The molecule has 17 heavy (non-hydrogen) atoms. The van der Waals surface area contributed by atoms with Gasteiger partial charge >= 0.3 is 0 Å². The number of rotatable bonds is 6. The van der Waals surface area contributed by atoms with Crippen LogP contribution in [-0.2, 0) is 6.54 Å². The lowest BCUT2D eigenvalue weighted by Crippen LogP contribution is -2.31. The van der Waals surface area contributed by atoms with Gasteiger partial charge in [-0.15, -0.1) is 0 Å². The molecule has 2 rings (SSSR count). The van der Waals surface area contributed by atoms with Crippen LogP contribution in [0.15, 0.2) is 18.2 Å². The van der Waals surface area contributed by atoms with Crippen molar-refractivity contribution >= 4 is 11.6 Å². The van der Waals surface area contributed by atoms with Crippen molar-refractivity contribution < 1.29 is 9.50 Å². The summed E-state index contributed by atoms with van der Waals surface area (Å²) in [6, 6.07) is 4.80. The lowest BCUT2D eigenvalue weighted by Gasteiger charge is -2.17. The first-order valence-electron chi connectivity index (χ1n) is 5.99. The molecule has 2 N–H and O–H groups in total. The Hall–Kier alpha value is -0.640. The third-order valence-electron chi connectivity index (χ3n) is 3.20. The molecule has 0 saturated heterocycles. The van der Waals surface area contributed by atoms with Gasteiger partial charge in [0.25, 0.3) is 0 Å². The Morgan fingerprint density at radius 3 is 2.82 bits per heavy atom. The number of aliphatic hydroxyl groups excluding tert-OH is 1. The fourth-order valence-electron chi connectivity index (χ4n) is 2.05. The standard InChI is InChI=1S/C13H17ClFNO/c14-12-7-11(15)4-3-10(12)8-16-13(5-6-17)9-1-2-9/h3-4,7,9,13,16-17H,1-2,5-6,8H2. The summed E-state index contributed by atoms with van der Waals surface area (Å²) in [5.41, 5.74) is 0.900. The zero-order chi connectivity index (χ0) is 12.3. The van der Waals surface area contributed by atoms with E-state index in [1.807, 2.05) is 0 Å². The zero-order valence-electron chi connectivity index (χ0n) is 9.63. The van der Waals surface area contributed by atoms with Crippen molar-refractivity contribution in [2.24, 2.45) is 5.92 Å². The van der Waals surface area contributed by atoms with Gasteiger partial charge in [0.15, 0.2) is 0 Å². The highest BCUT2D eigenvalue weighted by Gasteiger charge is 2.30. The molecule has 1 atom stereocenters. The first kappa shape index (κ1) is 12.8. The minimum atomic E-state index is -0.312. The number of nitrogens with one attached hydrogen (secondary N) is 1. The van der Waals surface area contributed by atoms with Gasteiger partial charge in [-0.05, 0) is 42.9 Å². The molecule has 0 radical (unpaired) electrons. The second-order valence-electron chi connectivity index (χ2n) is 4.57. The third-order valence-corrected chi connectivity index (χ3v) is 3.55. The summed E-state index contributed by atoms with van der Waals surface area (Å²) in [7, 11) is 0. The molecule has 0 bridgehead atoms. The van der Waals surface area contributed by atoms with E-state index in [4.69, 9.17) is 16.7 Å². The Morgan fingerprint density at radius 2 is 2.24 bits per heavy atom. The van der Waals surface area contributed by atoms with Crippen LogP contribution in [0.25, 0.3) is 0 Å². The van der Waals surface area contributed by atoms with E-state index in [9.17, 15) is 4.39 Å². The Morgan fingerprint density at radius 1 is 1.47 bits per heavy atom. The van der Waals surface area contributed by atoms with Crippen LogP contribution in [0.1, 0.15) is 24.8 Å². The highest BCUT2D eigenvalue weighted by atomic mass is 35.5. The first-order valence-corrected chi connectivity index (χ1v) is 6.36. The zero-order valence-corrected chi connectivity index (χ0v) is 10.4. The monoisotopic (exact) mass is 257 g/mol. The summed E-state index contributed by atoms with van der Waals surface area (Å²) in [5, 5.41) is 12.8. The molecular weight excluding hydrogens is 241 g/mol.